The molecule has 0 spiro atoms. The van der Waals surface area contributed by atoms with Crippen LogP contribution in [0.3, 0.4) is 0 Å². The van der Waals surface area contributed by atoms with Crippen molar-refractivity contribution in [3.8, 4) is 0 Å². The van der Waals surface area contributed by atoms with Crippen molar-refractivity contribution in [2.45, 2.75) is 44.9 Å². The van der Waals surface area contributed by atoms with Gasteiger partial charge in [-0.1, -0.05) is 25.0 Å². The van der Waals surface area contributed by atoms with Crippen molar-refractivity contribution < 1.29 is 23.5 Å². The number of halogens is 1. The van der Waals surface area contributed by atoms with Gasteiger partial charge in [-0.25, -0.2) is 4.39 Å². The van der Waals surface area contributed by atoms with E-state index in [-0.39, 0.29) is 11.7 Å². The minimum absolute atomic E-state index is 0.0653. The van der Waals surface area contributed by atoms with E-state index in [1.54, 1.807) is 41.3 Å². The number of ether oxygens (including phenoxy) is 1. The molecule has 1 aliphatic carbocycles. The summed E-state index contributed by atoms with van der Waals surface area (Å²) in [4.78, 5) is 39.3. The second-order valence-electron chi connectivity index (χ2n) is 7.98. The van der Waals surface area contributed by atoms with E-state index in [1.165, 1.54) is 12.1 Å². The standard InChI is InChI=1S/C25H29FN2O4/c1-3-28(4-2)23(30)18-7-13-21(14-8-18)27-22(29)17-32-24(31)25(15-5-6-16-25)19-9-11-20(26)12-10-19/h7-14H,3-6,15-17H2,1-2H3,(H,27,29). The van der Waals surface area contributed by atoms with Gasteiger partial charge in [0.15, 0.2) is 6.61 Å². The van der Waals surface area contributed by atoms with E-state index in [9.17, 15) is 18.8 Å². The van der Waals surface area contributed by atoms with Crippen molar-refractivity contribution in [2.75, 3.05) is 25.0 Å². The first kappa shape index (κ1) is 23.4. The van der Waals surface area contributed by atoms with Crippen LogP contribution in [-0.2, 0) is 19.7 Å². The van der Waals surface area contributed by atoms with Gasteiger partial charge in [-0.2, -0.15) is 0 Å². The highest BCUT2D eigenvalue weighted by atomic mass is 19.1. The average Bonchev–Trinajstić information content (AvgIpc) is 3.30. The molecule has 32 heavy (non-hydrogen) atoms. The molecule has 3 rings (SSSR count). The number of anilines is 1. The Bertz CT molecular complexity index is 947. The van der Waals surface area contributed by atoms with E-state index in [2.05, 4.69) is 5.32 Å². The molecule has 0 unspecified atom stereocenters. The van der Waals surface area contributed by atoms with Crippen molar-refractivity contribution in [1.29, 1.82) is 0 Å². The molecule has 2 aromatic rings. The molecule has 0 aliphatic heterocycles. The number of amides is 2. The highest BCUT2D eigenvalue weighted by molar-refractivity contribution is 5.96. The minimum atomic E-state index is -0.833. The van der Waals surface area contributed by atoms with Crippen LogP contribution in [0.15, 0.2) is 48.5 Å². The normalized spacial score (nSPS) is 14.6. The van der Waals surface area contributed by atoms with Gasteiger partial charge in [0.25, 0.3) is 11.8 Å². The first-order valence-corrected chi connectivity index (χ1v) is 11.0. The summed E-state index contributed by atoms with van der Waals surface area (Å²) in [5.74, 6) is -1.35. The summed E-state index contributed by atoms with van der Waals surface area (Å²) in [6.45, 7) is 4.67. The molecular formula is C25H29FN2O4. The van der Waals surface area contributed by atoms with Crippen molar-refractivity contribution in [3.63, 3.8) is 0 Å². The summed E-state index contributed by atoms with van der Waals surface area (Å²) < 4.78 is 18.7. The van der Waals surface area contributed by atoms with Gasteiger partial charge in [-0.05, 0) is 68.7 Å². The minimum Gasteiger partial charge on any atom is -0.455 e. The number of benzene rings is 2. The Morgan fingerprint density at radius 3 is 2.12 bits per heavy atom. The molecule has 0 saturated heterocycles. The summed E-state index contributed by atoms with van der Waals surface area (Å²) in [5, 5.41) is 2.68. The molecule has 2 aromatic carbocycles. The Morgan fingerprint density at radius 1 is 0.969 bits per heavy atom. The van der Waals surface area contributed by atoms with Gasteiger partial charge in [0, 0.05) is 24.3 Å². The second kappa shape index (κ2) is 10.4. The molecule has 0 radical (unpaired) electrons. The first-order valence-electron chi connectivity index (χ1n) is 11.0. The maximum Gasteiger partial charge on any atom is 0.317 e. The Labute approximate surface area is 187 Å². The number of nitrogens with one attached hydrogen (secondary N) is 1. The molecular weight excluding hydrogens is 411 g/mol. The predicted molar refractivity (Wildman–Crippen MR) is 120 cm³/mol. The summed E-state index contributed by atoms with van der Waals surface area (Å²) in [6.07, 6.45) is 2.97. The predicted octanol–water partition coefficient (Wildman–Crippen LogP) is 4.30. The SMILES string of the molecule is CCN(CC)C(=O)c1ccc(NC(=O)COC(=O)C2(c3ccc(F)cc3)CCCC2)cc1. The molecule has 6 nitrogen and oxygen atoms in total. The third-order valence-electron chi connectivity index (χ3n) is 6.05. The fraction of sp³-hybridized carbons (Fsp3) is 0.400. The van der Waals surface area contributed by atoms with Crippen LogP contribution in [0.4, 0.5) is 10.1 Å². The Balaban J connectivity index is 1.58. The second-order valence-corrected chi connectivity index (χ2v) is 7.98. The molecule has 170 valence electrons. The molecule has 1 aliphatic rings. The summed E-state index contributed by atoms with van der Waals surface area (Å²) in [5.41, 5.74) is 0.938. The van der Waals surface area contributed by atoms with Crippen molar-refractivity contribution in [2.24, 2.45) is 0 Å². The lowest BCUT2D eigenvalue weighted by Crippen LogP contribution is -2.36. The molecule has 0 bridgehead atoms. The van der Waals surface area contributed by atoms with Crippen LogP contribution in [0.1, 0.15) is 55.5 Å². The monoisotopic (exact) mass is 440 g/mol. The van der Waals surface area contributed by atoms with Crippen LogP contribution < -0.4 is 5.32 Å². The van der Waals surface area contributed by atoms with E-state index in [0.29, 0.717) is 37.2 Å². The smallest absolute Gasteiger partial charge is 0.317 e. The summed E-state index contributed by atoms with van der Waals surface area (Å²) in [7, 11) is 0. The van der Waals surface area contributed by atoms with E-state index in [4.69, 9.17) is 4.74 Å². The first-order chi connectivity index (χ1) is 15.4. The lowest BCUT2D eigenvalue weighted by atomic mass is 9.79. The fourth-order valence-corrected chi connectivity index (χ4v) is 4.21. The number of carbonyl (C=O) groups excluding carboxylic acids is 3. The van der Waals surface area contributed by atoms with Crippen LogP contribution in [0.25, 0.3) is 0 Å². The maximum atomic E-state index is 13.3. The van der Waals surface area contributed by atoms with Gasteiger partial charge in [0.2, 0.25) is 0 Å². The molecule has 0 aromatic heterocycles. The number of hydrogen-bond donors (Lipinski definition) is 1. The molecule has 1 saturated carbocycles. The zero-order chi connectivity index (χ0) is 23.1. The lowest BCUT2D eigenvalue weighted by Gasteiger charge is -2.27. The number of rotatable bonds is 8. The highest BCUT2D eigenvalue weighted by Gasteiger charge is 2.44. The molecule has 0 heterocycles. The Morgan fingerprint density at radius 2 is 1.56 bits per heavy atom. The van der Waals surface area contributed by atoms with Crippen LogP contribution in [0, 0.1) is 5.82 Å². The van der Waals surface area contributed by atoms with Gasteiger partial charge in [-0.3, -0.25) is 14.4 Å². The van der Waals surface area contributed by atoms with Gasteiger partial charge >= 0.3 is 5.97 Å². The van der Waals surface area contributed by atoms with Crippen LogP contribution >= 0.6 is 0 Å². The molecule has 1 N–H and O–H groups in total. The zero-order valence-electron chi connectivity index (χ0n) is 18.5. The lowest BCUT2D eigenvalue weighted by molar-refractivity contribution is -0.153. The number of hydrogen-bond acceptors (Lipinski definition) is 4. The quantitative estimate of drug-likeness (QED) is 0.621. The number of nitrogens with zero attached hydrogens (tertiary/aromatic N) is 1. The molecule has 7 heteroatoms. The average molecular weight is 441 g/mol. The van der Waals surface area contributed by atoms with Crippen LogP contribution in [0.2, 0.25) is 0 Å². The van der Waals surface area contributed by atoms with Gasteiger partial charge in [-0.15, -0.1) is 0 Å². The van der Waals surface area contributed by atoms with Crippen molar-refractivity contribution >= 4 is 23.5 Å². The third-order valence-corrected chi connectivity index (χ3v) is 6.05. The summed E-state index contributed by atoms with van der Waals surface area (Å²) in [6, 6.07) is 12.5. The van der Waals surface area contributed by atoms with Gasteiger partial charge in [0.05, 0.1) is 5.41 Å². The van der Waals surface area contributed by atoms with E-state index in [1.807, 2.05) is 13.8 Å². The Hall–Kier alpha value is -3.22. The number of esters is 1. The van der Waals surface area contributed by atoms with E-state index in [0.717, 1.165) is 18.4 Å². The Kier molecular flexibility index (Phi) is 7.62. The number of carbonyl (C=O) groups is 3. The maximum absolute atomic E-state index is 13.3. The van der Waals surface area contributed by atoms with Crippen molar-refractivity contribution in [1.82, 2.24) is 4.90 Å². The molecule has 1 fully saturated rings. The van der Waals surface area contributed by atoms with Crippen LogP contribution in [0.5, 0.6) is 0 Å². The van der Waals surface area contributed by atoms with E-state index >= 15 is 0 Å². The molecule has 0 atom stereocenters. The van der Waals surface area contributed by atoms with Crippen LogP contribution in [-0.4, -0.2) is 42.4 Å². The fourth-order valence-electron chi connectivity index (χ4n) is 4.21. The van der Waals surface area contributed by atoms with Crippen molar-refractivity contribution in [3.05, 3.63) is 65.5 Å². The van der Waals surface area contributed by atoms with Gasteiger partial charge in [0.1, 0.15) is 5.82 Å². The zero-order valence-corrected chi connectivity index (χ0v) is 18.5. The topological polar surface area (TPSA) is 75.7 Å². The van der Waals surface area contributed by atoms with E-state index < -0.39 is 23.9 Å². The molecule has 2 amide bonds. The third kappa shape index (κ3) is 5.15. The largest absolute Gasteiger partial charge is 0.455 e. The summed E-state index contributed by atoms with van der Waals surface area (Å²) >= 11 is 0. The van der Waals surface area contributed by atoms with Gasteiger partial charge < -0.3 is 15.0 Å². The highest BCUT2D eigenvalue weighted by Crippen LogP contribution is 2.42.